The normalized spacial score (nSPS) is 19.0. The second-order valence-electron chi connectivity index (χ2n) is 14.7. The standard InChI is InChI=1S/C36H65NO7S2/c1-27(2)14-10-15-28(3)16-11-17-29(4)18-12-19-30(5)20-23-42-32(39)25-46-45-24-31(38)41-22-13-21-37-34(40)33-35(6,7)26-43-36(8,9)44-33/h20,27-29,33H,10-19,21-26H2,1-9H3,(H,37,40)/b30-20+/t28-,29-,33?/m0/s1. The van der Waals surface area contributed by atoms with E-state index >= 15 is 0 Å². The lowest BCUT2D eigenvalue weighted by Crippen LogP contribution is -2.56. The largest absolute Gasteiger partial charge is 0.465 e. The molecule has 1 heterocycles. The van der Waals surface area contributed by atoms with Crippen molar-refractivity contribution in [3.8, 4) is 0 Å². The predicted octanol–water partition coefficient (Wildman–Crippen LogP) is 8.52. The first-order valence-corrected chi connectivity index (χ1v) is 19.9. The highest BCUT2D eigenvalue weighted by Crippen LogP contribution is 2.35. The summed E-state index contributed by atoms with van der Waals surface area (Å²) in [7, 11) is 2.55. The molecule has 1 amide bonds. The van der Waals surface area contributed by atoms with Gasteiger partial charge in [-0.25, -0.2) is 0 Å². The number of hydrogen-bond donors (Lipinski definition) is 1. The summed E-state index contributed by atoms with van der Waals surface area (Å²) in [6.45, 7) is 20.2. The van der Waals surface area contributed by atoms with Crippen LogP contribution < -0.4 is 5.32 Å². The third kappa shape index (κ3) is 20.9. The molecule has 0 aliphatic carbocycles. The first kappa shape index (κ1) is 42.8. The number of amides is 1. The summed E-state index contributed by atoms with van der Waals surface area (Å²) in [4.78, 5) is 36.7. The topological polar surface area (TPSA) is 100 Å². The lowest BCUT2D eigenvalue weighted by Gasteiger charge is -2.44. The van der Waals surface area contributed by atoms with Gasteiger partial charge in [-0.2, -0.15) is 0 Å². The first-order chi connectivity index (χ1) is 21.6. The van der Waals surface area contributed by atoms with Crippen molar-refractivity contribution in [2.45, 2.75) is 138 Å². The zero-order valence-electron chi connectivity index (χ0n) is 30.4. The maximum atomic E-state index is 12.6. The molecule has 1 aliphatic heterocycles. The monoisotopic (exact) mass is 687 g/mol. The number of nitrogens with one attached hydrogen (secondary N) is 1. The lowest BCUT2D eigenvalue weighted by atomic mass is 9.85. The summed E-state index contributed by atoms with van der Waals surface area (Å²) < 4.78 is 22.1. The van der Waals surface area contributed by atoms with Crippen LogP contribution in [0.2, 0.25) is 0 Å². The van der Waals surface area contributed by atoms with Crippen LogP contribution in [0.25, 0.3) is 0 Å². The van der Waals surface area contributed by atoms with E-state index in [1.165, 1.54) is 78.5 Å². The third-order valence-corrected chi connectivity index (χ3v) is 10.4. The zero-order valence-corrected chi connectivity index (χ0v) is 32.0. The Bertz CT molecular complexity index is 922. The van der Waals surface area contributed by atoms with Gasteiger partial charge in [0.15, 0.2) is 5.79 Å². The Morgan fingerprint density at radius 2 is 1.41 bits per heavy atom. The minimum atomic E-state index is -0.807. The smallest absolute Gasteiger partial charge is 0.317 e. The molecule has 0 aromatic rings. The Labute approximate surface area is 288 Å². The molecule has 1 fully saturated rings. The number of hydrogen-bond acceptors (Lipinski definition) is 9. The Morgan fingerprint density at radius 3 is 2.02 bits per heavy atom. The predicted molar refractivity (Wildman–Crippen MR) is 192 cm³/mol. The van der Waals surface area contributed by atoms with E-state index < -0.39 is 17.3 Å². The molecule has 3 atom stereocenters. The van der Waals surface area contributed by atoms with E-state index in [4.69, 9.17) is 18.9 Å². The molecule has 0 aromatic carbocycles. The Morgan fingerprint density at radius 1 is 0.848 bits per heavy atom. The second kappa shape index (κ2) is 23.2. The molecule has 1 rings (SSSR count). The minimum absolute atomic E-state index is 0.137. The summed E-state index contributed by atoms with van der Waals surface area (Å²) in [5.74, 6) is 1.08. The molecule has 268 valence electrons. The van der Waals surface area contributed by atoms with E-state index in [0.29, 0.717) is 19.6 Å². The quantitative estimate of drug-likeness (QED) is 0.0463. The highest BCUT2D eigenvalue weighted by Gasteiger charge is 2.45. The molecule has 0 bridgehead atoms. The molecule has 0 spiro atoms. The van der Waals surface area contributed by atoms with Gasteiger partial charge in [0.05, 0.1) is 13.2 Å². The van der Waals surface area contributed by atoms with Crippen LogP contribution in [0.15, 0.2) is 11.6 Å². The molecular formula is C36H65NO7S2. The van der Waals surface area contributed by atoms with Crippen molar-refractivity contribution in [3.05, 3.63) is 11.6 Å². The highest BCUT2D eigenvalue weighted by molar-refractivity contribution is 8.77. The SMILES string of the molecule is C/C(=C\COC(=O)CSSCC(=O)OCCCNC(=O)C1OC(C)(C)OCC1(C)C)CCC[C@@H](C)CCC[C@@H](C)CCCC(C)C. The van der Waals surface area contributed by atoms with Crippen molar-refractivity contribution in [1.29, 1.82) is 0 Å². The first-order valence-electron chi connectivity index (χ1n) is 17.4. The van der Waals surface area contributed by atoms with Crippen molar-refractivity contribution in [3.63, 3.8) is 0 Å². The fourth-order valence-corrected chi connectivity index (χ4v) is 6.84. The Balaban J connectivity index is 2.04. The van der Waals surface area contributed by atoms with Gasteiger partial charge in [-0.05, 0) is 63.9 Å². The van der Waals surface area contributed by atoms with Crippen molar-refractivity contribution < 1.29 is 33.3 Å². The molecule has 1 unspecified atom stereocenters. The molecule has 1 saturated heterocycles. The number of ether oxygens (including phenoxy) is 4. The van der Waals surface area contributed by atoms with E-state index in [0.717, 1.165) is 24.2 Å². The second-order valence-corrected chi connectivity index (χ2v) is 17.1. The fourth-order valence-electron chi connectivity index (χ4n) is 5.23. The van der Waals surface area contributed by atoms with Crippen LogP contribution in [0, 0.1) is 23.2 Å². The van der Waals surface area contributed by atoms with Crippen molar-refractivity contribution in [1.82, 2.24) is 5.32 Å². The number of rotatable bonds is 24. The van der Waals surface area contributed by atoms with E-state index in [1.807, 2.05) is 19.9 Å². The molecule has 0 radical (unpaired) electrons. The summed E-state index contributed by atoms with van der Waals surface area (Å²) >= 11 is 0. The third-order valence-electron chi connectivity index (χ3n) is 8.28. The number of esters is 2. The molecule has 46 heavy (non-hydrogen) atoms. The molecule has 0 aromatic heterocycles. The van der Waals surface area contributed by atoms with Gasteiger partial charge in [0, 0.05) is 12.0 Å². The number of allylic oxidation sites excluding steroid dienone is 1. The van der Waals surface area contributed by atoms with E-state index in [9.17, 15) is 14.4 Å². The van der Waals surface area contributed by atoms with Crippen molar-refractivity contribution in [2.24, 2.45) is 23.2 Å². The maximum Gasteiger partial charge on any atom is 0.317 e. The molecule has 1 N–H and O–H groups in total. The van der Waals surface area contributed by atoms with Crippen molar-refractivity contribution >= 4 is 39.4 Å². The minimum Gasteiger partial charge on any atom is -0.465 e. The van der Waals surface area contributed by atoms with Gasteiger partial charge in [0.1, 0.15) is 24.2 Å². The highest BCUT2D eigenvalue weighted by atomic mass is 33.1. The average molecular weight is 688 g/mol. The van der Waals surface area contributed by atoms with E-state index in [2.05, 4.69) is 39.9 Å². The van der Waals surface area contributed by atoms with Crippen LogP contribution in [-0.4, -0.2) is 67.6 Å². The number of carbonyl (C=O) groups excluding carboxylic acids is 3. The average Bonchev–Trinajstić information content (AvgIpc) is 2.96. The van der Waals surface area contributed by atoms with Gasteiger partial charge in [0.25, 0.3) is 0 Å². The fraction of sp³-hybridized carbons (Fsp3) is 0.861. The van der Waals surface area contributed by atoms with Gasteiger partial charge in [0.2, 0.25) is 5.91 Å². The van der Waals surface area contributed by atoms with Crippen LogP contribution in [0.4, 0.5) is 0 Å². The Hall–Kier alpha value is -1.23. The summed E-state index contributed by atoms with van der Waals surface area (Å²) in [6.07, 6.45) is 13.4. The molecule has 0 saturated carbocycles. The van der Waals surface area contributed by atoms with Crippen LogP contribution in [0.5, 0.6) is 0 Å². The molecule has 10 heteroatoms. The van der Waals surface area contributed by atoms with Gasteiger partial charge in [-0.1, -0.05) is 114 Å². The van der Waals surface area contributed by atoms with Gasteiger partial charge >= 0.3 is 11.9 Å². The zero-order chi connectivity index (χ0) is 34.6. The van der Waals surface area contributed by atoms with Crippen molar-refractivity contribution in [2.75, 3.05) is 37.9 Å². The summed E-state index contributed by atoms with van der Waals surface area (Å²) in [6, 6.07) is 0. The van der Waals surface area contributed by atoms with Crippen LogP contribution >= 0.6 is 21.6 Å². The maximum absolute atomic E-state index is 12.6. The van der Waals surface area contributed by atoms with Crippen LogP contribution in [0.3, 0.4) is 0 Å². The van der Waals surface area contributed by atoms with Gasteiger partial charge in [-0.3, -0.25) is 14.4 Å². The Kier molecular flexibility index (Phi) is 21.6. The van der Waals surface area contributed by atoms with Crippen LogP contribution in [-0.2, 0) is 33.3 Å². The molecule has 1 aliphatic rings. The number of carbonyl (C=O) groups is 3. The molecule has 8 nitrogen and oxygen atoms in total. The van der Waals surface area contributed by atoms with Crippen LogP contribution in [0.1, 0.15) is 127 Å². The van der Waals surface area contributed by atoms with Gasteiger partial charge in [-0.15, -0.1) is 0 Å². The van der Waals surface area contributed by atoms with E-state index in [1.54, 1.807) is 13.8 Å². The summed E-state index contributed by atoms with van der Waals surface area (Å²) in [5.41, 5.74) is 0.819. The summed E-state index contributed by atoms with van der Waals surface area (Å²) in [5, 5.41) is 2.86. The molecular weight excluding hydrogens is 623 g/mol. The van der Waals surface area contributed by atoms with Gasteiger partial charge < -0.3 is 24.3 Å². The van der Waals surface area contributed by atoms with E-state index in [-0.39, 0.29) is 42.6 Å². The lowest BCUT2D eigenvalue weighted by molar-refractivity contribution is -0.304.